The van der Waals surface area contributed by atoms with Gasteiger partial charge >= 0.3 is 0 Å². The van der Waals surface area contributed by atoms with Crippen LogP contribution < -0.4 is 11.3 Å². The molecule has 0 saturated heterocycles. The average Bonchev–Trinajstić information content (AvgIpc) is 2.14. The van der Waals surface area contributed by atoms with Crippen LogP contribution in [0.3, 0.4) is 0 Å². The van der Waals surface area contributed by atoms with Gasteiger partial charge in [-0.1, -0.05) is 0 Å². The maximum absolute atomic E-state index is 11.5. The van der Waals surface area contributed by atoms with Gasteiger partial charge in [0.15, 0.2) is 0 Å². The van der Waals surface area contributed by atoms with Gasteiger partial charge < -0.3 is 10.3 Å². The molecule has 0 unspecified atom stereocenters. The highest BCUT2D eigenvalue weighted by atomic mass is 16.1. The zero-order valence-corrected chi connectivity index (χ0v) is 8.11. The largest absolute Gasteiger partial charge is 0.399 e. The van der Waals surface area contributed by atoms with Crippen molar-refractivity contribution in [2.24, 2.45) is 7.05 Å². The summed E-state index contributed by atoms with van der Waals surface area (Å²) in [4.78, 5) is 15.7. The predicted molar refractivity (Wildman–Crippen MR) is 56.1 cm³/mol. The number of nitrogens with two attached hydrogens (primary N) is 1. The lowest BCUT2D eigenvalue weighted by molar-refractivity contribution is 0.872. The van der Waals surface area contributed by atoms with Gasteiger partial charge in [0.25, 0.3) is 5.56 Å². The van der Waals surface area contributed by atoms with Gasteiger partial charge in [-0.3, -0.25) is 4.79 Å². The van der Waals surface area contributed by atoms with Crippen LogP contribution in [0, 0.1) is 6.92 Å². The third kappa shape index (κ3) is 1.16. The fourth-order valence-corrected chi connectivity index (χ4v) is 1.49. The van der Waals surface area contributed by atoms with Crippen LogP contribution in [0.2, 0.25) is 0 Å². The first-order valence-electron chi connectivity index (χ1n) is 4.32. The first-order valence-corrected chi connectivity index (χ1v) is 4.32. The van der Waals surface area contributed by atoms with E-state index in [2.05, 4.69) is 4.98 Å². The summed E-state index contributed by atoms with van der Waals surface area (Å²) in [5, 5.41) is 0. The molecule has 0 spiro atoms. The molecule has 1 aromatic heterocycles. The summed E-state index contributed by atoms with van der Waals surface area (Å²) in [5.74, 6) is 0. The maximum Gasteiger partial charge on any atom is 0.272 e. The lowest BCUT2D eigenvalue weighted by atomic mass is 10.2. The van der Waals surface area contributed by atoms with E-state index in [0.717, 1.165) is 11.0 Å². The zero-order chi connectivity index (χ0) is 10.3. The number of anilines is 1. The molecule has 0 aliphatic heterocycles. The number of nitrogens with zero attached hydrogens (tertiary/aromatic N) is 2. The molecule has 0 aliphatic rings. The van der Waals surface area contributed by atoms with Crippen LogP contribution >= 0.6 is 0 Å². The summed E-state index contributed by atoms with van der Waals surface area (Å²) < 4.78 is 1.58. The van der Waals surface area contributed by atoms with Crippen molar-refractivity contribution in [2.75, 3.05) is 5.73 Å². The summed E-state index contributed by atoms with van der Waals surface area (Å²) in [6.45, 7) is 1.70. The van der Waals surface area contributed by atoms with Crippen molar-refractivity contribution in [3.8, 4) is 0 Å². The Kier molecular flexibility index (Phi) is 1.77. The second-order valence-corrected chi connectivity index (χ2v) is 3.31. The third-order valence-corrected chi connectivity index (χ3v) is 2.26. The monoisotopic (exact) mass is 189 g/mol. The number of hydrogen-bond acceptors (Lipinski definition) is 3. The first-order chi connectivity index (χ1) is 6.59. The van der Waals surface area contributed by atoms with Gasteiger partial charge in [-0.15, -0.1) is 0 Å². The molecule has 0 saturated carbocycles. The molecule has 4 nitrogen and oxygen atoms in total. The van der Waals surface area contributed by atoms with Crippen molar-refractivity contribution in [1.82, 2.24) is 9.55 Å². The van der Waals surface area contributed by atoms with Crippen molar-refractivity contribution in [2.45, 2.75) is 6.92 Å². The number of benzene rings is 1. The fraction of sp³-hybridized carbons (Fsp3) is 0.200. The smallest absolute Gasteiger partial charge is 0.272 e. The average molecular weight is 189 g/mol. The maximum atomic E-state index is 11.5. The second-order valence-electron chi connectivity index (χ2n) is 3.31. The zero-order valence-electron chi connectivity index (χ0n) is 8.11. The molecule has 0 atom stereocenters. The molecule has 14 heavy (non-hydrogen) atoms. The molecule has 1 aromatic carbocycles. The normalized spacial score (nSPS) is 10.7. The molecule has 1 heterocycles. The van der Waals surface area contributed by atoms with Gasteiger partial charge in [-0.2, -0.15) is 0 Å². The van der Waals surface area contributed by atoms with E-state index < -0.39 is 0 Å². The van der Waals surface area contributed by atoms with Gasteiger partial charge in [0.05, 0.1) is 11.0 Å². The van der Waals surface area contributed by atoms with Crippen molar-refractivity contribution < 1.29 is 0 Å². The summed E-state index contributed by atoms with van der Waals surface area (Å²) in [5.41, 5.74) is 8.27. The van der Waals surface area contributed by atoms with E-state index in [0.29, 0.717) is 11.4 Å². The van der Waals surface area contributed by atoms with Gasteiger partial charge in [-0.05, 0) is 25.1 Å². The van der Waals surface area contributed by atoms with Gasteiger partial charge in [0.2, 0.25) is 0 Å². The van der Waals surface area contributed by atoms with Crippen molar-refractivity contribution in [1.29, 1.82) is 0 Å². The molecule has 2 N–H and O–H groups in total. The minimum atomic E-state index is -0.0673. The SMILES string of the molecule is Cc1nc2cc(N)ccc2n(C)c1=O. The molecule has 0 bridgehead atoms. The lowest BCUT2D eigenvalue weighted by Crippen LogP contribution is -2.21. The van der Waals surface area contributed by atoms with Gasteiger partial charge in [0, 0.05) is 12.7 Å². The van der Waals surface area contributed by atoms with E-state index in [1.807, 2.05) is 0 Å². The molecule has 2 aromatic rings. The Morgan fingerprint density at radius 3 is 2.86 bits per heavy atom. The molecular weight excluding hydrogens is 178 g/mol. The lowest BCUT2D eigenvalue weighted by Gasteiger charge is -2.05. The Balaban J connectivity index is 2.98. The van der Waals surface area contributed by atoms with E-state index in [-0.39, 0.29) is 5.56 Å². The summed E-state index contributed by atoms with van der Waals surface area (Å²) in [7, 11) is 1.73. The standard InChI is InChI=1S/C10H11N3O/c1-6-10(14)13(2)9-4-3-7(11)5-8(9)12-6/h3-5H,11H2,1-2H3. The van der Waals surface area contributed by atoms with E-state index in [4.69, 9.17) is 5.73 Å². The highest BCUT2D eigenvalue weighted by Crippen LogP contribution is 2.13. The molecule has 0 aliphatic carbocycles. The van der Waals surface area contributed by atoms with Crippen LogP contribution in [-0.4, -0.2) is 9.55 Å². The molecule has 0 radical (unpaired) electrons. The van der Waals surface area contributed by atoms with Crippen LogP contribution in [0.1, 0.15) is 5.69 Å². The van der Waals surface area contributed by atoms with Gasteiger partial charge in [-0.25, -0.2) is 4.98 Å². The van der Waals surface area contributed by atoms with Crippen LogP contribution in [0.4, 0.5) is 5.69 Å². The number of aryl methyl sites for hydroxylation is 2. The molecule has 4 heteroatoms. The number of aromatic nitrogens is 2. The second kappa shape index (κ2) is 2.83. The van der Waals surface area contributed by atoms with Gasteiger partial charge in [0.1, 0.15) is 5.69 Å². The Bertz CT molecular complexity index is 557. The van der Waals surface area contributed by atoms with Crippen LogP contribution in [0.15, 0.2) is 23.0 Å². The summed E-state index contributed by atoms with van der Waals surface area (Å²) in [6.07, 6.45) is 0. The minimum Gasteiger partial charge on any atom is -0.399 e. The number of fused-ring (bicyclic) bond motifs is 1. The number of hydrogen-bond donors (Lipinski definition) is 1. The van der Waals surface area contributed by atoms with E-state index in [1.54, 1.807) is 36.7 Å². The van der Waals surface area contributed by atoms with E-state index >= 15 is 0 Å². The highest BCUT2D eigenvalue weighted by Gasteiger charge is 2.04. The molecular formula is C10H11N3O. The first kappa shape index (κ1) is 8.74. The van der Waals surface area contributed by atoms with E-state index in [9.17, 15) is 4.79 Å². The third-order valence-electron chi connectivity index (χ3n) is 2.26. The Labute approximate surface area is 81.0 Å². The summed E-state index contributed by atoms with van der Waals surface area (Å²) >= 11 is 0. The molecule has 2 rings (SSSR count). The Morgan fingerprint density at radius 2 is 2.14 bits per heavy atom. The minimum absolute atomic E-state index is 0.0673. The topological polar surface area (TPSA) is 60.9 Å². The highest BCUT2D eigenvalue weighted by molar-refractivity contribution is 5.78. The number of nitrogen functional groups attached to an aromatic ring is 1. The van der Waals surface area contributed by atoms with Crippen molar-refractivity contribution in [3.05, 3.63) is 34.2 Å². The van der Waals surface area contributed by atoms with Crippen LogP contribution in [0.25, 0.3) is 11.0 Å². The van der Waals surface area contributed by atoms with Crippen LogP contribution in [-0.2, 0) is 7.05 Å². The fourth-order valence-electron chi connectivity index (χ4n) is 1.49. The Morgan fingerprint density at radius 1 is 1.43 bits per heavy atom. The quantitative estimate of drug-likeness (QED) is 0.624. The molecule has 0 fully saturated rings. The van der Waals surface area contributed by atoms with Crippen LogP contribution in [0.5, 0.6) is 0 Å². The molecule has 72 valence electrons. The number of rotatable bonds is 0. The Hall–Kier alpha value is -1.84. The van der Waals surface area contributed by atoms with Crippen molar-refractivity contribution in [3.63, 3.8) is 0 Å². The predicted octanol–water partition coefficient (Wildman–Crippen LogP) is 0.824. The summed E-state index contributed by atoms with van der Waals surface area (Å²) in [6, 6.07) is 5.33. The molecule has 0 amide bonds. The van der Waals surface area contributed by atoms with E-state index in [1.165, 1.54) is 0 Å². The van der Waals surface area contributed by atoms with Crippen molar-refractivity contribution >= 4 is 16.7 Å².